The molecule has 0 aliphatic heterocycles. The van der Waals surface area contributed by atoms with Gasteiger partial charge < -0.3 is 21.7 Å². The number of hydrogen-bond donors (Lipinski definition) is 4. The topological polar surface area (TPSA) is 75.0 Å². The molecule has 5 N–H and O–H groups in total. The van der Waals surface area contributed by atoms with E-state index in [1.54, 1.807) is 6.20 Å². The van der Waals surface area contributed by atoms with Crippen LogP contribution in [0, 0.1) is 5.41 Å². The van der Waals surface area contributed by atoms with E-state index in [9.17, 15) is 0 Å². The standard InChI is InChI=1S/C14H25N5S/c1-10(14(2,3)4)18-13(20)19-11-5-6-12(17-9-11)16-8-7-15/h5-6,9-10H,7-8,15H2,1-4H3,(H,16,17)(H2,18,19,20)/t10-/m1/s1. The van der Waals surface area contributed by atoms with Gasteiger partial charge in [-0.2, -0.15) is 0 Å². The molecule has 0 unspecified atom stereocenters. The number of rotatable bonds is 5. The SMILES string of the molecule is C[C@@H](NC(=S)Nc1ccc(NCCN)nc1)C(C)(C)C. The Morgan fingerprint density at radius 1 is 1.40 bits per heavy atom. The molecule has 112 valence electrons. The van der Waals surface area contributed by atoms with Gasteiger partial charge in [-0.3, -0.25) is 0 Å². The van der Waals surface area contributed by atoms with Gasteiger partial charge in [-0.15, -0.1) is 0 Å². The van der Waals surface area contributed by atoms with Crippen molar-refractivity contribution in [3.05, 3.63) is 18.3 Å². The highest BCUT2D eigenvalue weighted by atomic mass is 32.1. The third kappa shape index (κ3) is 5.71. The molecule has 0 bridgehead atoms. The molecular formula is C14H25N5S. The van der Waals surface area contributed by atoms with E-state index in [2.05, 4.69) is 48.6 Å². The molecule has 0 fully saturated rings. The van der Waals surface area contributed by atoms with Crippen LogP contribution in [0.1, 0.15) is 27.7 Å². The van der Waals surface area contributed by atoms with Gasteiger partial charge in [-0.25, -0.2) is 4.98 Å². The van der Waals surface area contributed by atoms with Crippen LogP contribution >= 0.6 is 12.2 Å². The minimum Gasteiger partial charge on any atom is -0.369 e. The molecule has 1 aromatic heterocycles. The van der Waals surface area contributed by atoms with E-state index in [0.29, 0.717) is 18.2 Å². The summed E-state index contributed by atoms with van der Waals surface area (Å²) in [5, 5.41) is 10.1. The number of nitrogens with one attached hydrogen (secondary N) is 3. The number of anilines is 2. The van der Waals surface area contributed by atoms with Crippen molar-refractivity contribution in [1.82, 2.24) is 10.3 Å². The molecule has 0 spiro atoms. The molecule has 5 nitrogen and oxygen atoms in total. The zero-order chi connectivity index (χ0) is 15.2. The number of pyridine rings is 1. The Morgan fingerprint density at radius 3 is 2.60 bits per heavy atom. The maximum absolute atomic E-state index is 5.43. The maximum atomic E-state index is 5.43. The summed E-state index contributed by atoms with van der Waals surface area (Å²) in [6, 6.07) is 4.11. The Hall–Kier alpha value is -1.40. The van der Waals surface area contributed by atoms with Crippen LogP contribution in [0.2, 0.25) is 0 Å². The molecule has 0 aliphatic carbocycles. The van der Waals surface area contributed by atoms with Gasteiger partial charge in [-0.1, -0.05) is 20.8 Å². The molecule has 1 rings (SSSR count). The Balaban J connectivity index is 2.50. The summed E-state index contributed by atoms with van der Waals surface area (Å²) in [6.07, 6.45) is 1.74. The first-order valence-corrected chi connectivity index (χ1v) is 7.21. The van der Waals surface area contributed by atoms with Crippen molar-refractivity contribution >= 4 is 28.8 Å². The normalized spacial score (nSPS) is 12.7. The molecule has 20 heavy (non-hydrogen) atoms. The third-order valence-electron chi connectivity index (χ3n) is 3.12. The molecule has 1 atom stereocenters. The summed E-state index contributed by atoms with van der Waals surface area (Å²) in [6.45, 7) is 9.93. The summed E-state index contributed by atoms with van der Waals surface area (Å²) >= 11 is 5.30. The van der Waals surface area contributed by atoms with Crippen LogP contribution < -0.4 is 21.7 Å². The Bertz CT molecular complexity index is 424. The Morgan fingerprint density at radius 2 is 2.10 bits per heavy atom. The molecule has 0 saturated carbocycles. The van der Waals surface area contributed by atoms with Crippen molar-refractivity contribution < 1.29 is 0 Å². The van der Waals surface area contributed by atoms with Crippen molar-refractivity contribution in [2.24, 2.45) is 11.1 Å². The number of nitrogens with zero attached hydrogens (tertiary/aromatic N) is 1. The van der Waals surface area contributed by atoms with E-state index in [1.165, 1.54) is 0 Å². The number of nitrogens with two attached hydrogens (primary N) is 1. The molecule has 6 heteroatoms. The van der Waals surface area contributed by atoms with Crippen molar-refractivity contribution in [1.29, 1.82) is 0 Å². The lowest BCUT2D eigenvalue weighted by atomic mass is 9.88. The van der Waals surface area contributed by atoms with Gasteiger partial charge in [-0.05, 0) is 36.7 Å². The van der Waals surface area contributed by atoms with Crippen molar-refractivity contribution in [2.75, 3.05) is 23.7 Å². The summed E-state index contributed by atoms with van der Waals surface area (Å²) in [7, 11) is 0. The minimum absolute atomic E-state index is 0.153. The lowest BCUT2D eigenvalue weighted by Crippen LogP contribution is -2.43. The van der Waals surface area contributed by atoms with Gasteiger partial charge in [0.05, 0.1) is 11.9 Å². The number of hydrogen-bond acceptors (Lipinski definition) is 4. The van der Waals surface area contributed by atoms with E-state index < -0.39 is 0 Å². The molecule has 0 radical (unpaired) electrons. The predicted molar refractivity (Wildman–Crippen MR) is 90.1 cm³/mol. The molecule has 0 saturated heterocycles. The highest BCUT2D eigenvalue weighted by molar-refractivity contribution is 7.80. The van der Waals surface area contributed by atoms with E-state index in [0.717, 1.165) is 11.5 Å². The van der Waals surface area contributed by atoms with Gasteiger partial charge >= 0.3 is 0 Å². The number of aromatic nitrogens is 1. The lowest BCUT2D eigenvalue weighted by Gasteiger charge is -2.29. The molecule has 1 aromatic rings. The van der Waals surface area contributed by atoms with E-state index in [1.807, 2.05) is 12.1 Å². The first-order chi connectivity index (χ1) is 9.32. The molecule has 1 heterocycles. The molecular weight excluding hydrogens is 270 g/mol. The average molecular weight is 295 g/mol. The highest BCUT2D eigenvalue weighted by Gasteiger charge is 2.20. The quantitative estimate of drug-likeness (QED) is 0.624. The van der Waals surface area contributed by atoms with Crippen molar-refractivity contribution in [3.63, 3.8) is 0 Å². The fourth-order valence-corrected chi connectivity index (χ4v) is 1.65. The Labute approximate surface area is 126 Å². The van der Waals surface area contributed by atoms with Gasteiger partial charge in [0.1, 0.15) is 5.82 Å². The van der Waals surface area contributed by atoms with Crippen LogP contribution in [0.3, 0.4) is 0 Å². The second-order valence-electron chi connectivity index (χ2n) is 5.83. The number of thiocarbonyl (C=S) groups is 1. The second kappa shape index (κ2) is 7.40. The van der Waals surface area contributed by atoms with Crippen molar-refractivity contribution in [2.45, 2.75) is 33.7 Å². The molecule has 0 aliphatic rings. The fraction of sp³-hybridized carbons (Fsp3) is 0.571. The Kier molecular flexibility index (Phi) is 6.16. The van der Waals surface area contributed by atoms with Crippen LogP contribution in [-0.2, 0) is 0 Å². The highest BCUT2D eigenvalue weighted by Crippen LogP contribution is 2.18. The summed E-state index contributed by atoms with van der Waals surface area (Å²) in [4.78, 5) is 4.28. The predicted octanol–water partition coefficient (Wildman–Crippen LogP) is 2.17. The van der Waals surface area contributed by atoms with Crippen LogP contribution in [-0.4, -0.2) is 29.2 Å². The summed E-state index contributed by atoms with van der Waals surface area (Å²) in [5.74, 6) is 0.808. The van der Waals surface area contributed by atoms with Crippen LogP contribution in [0.5, 0.6) is 0 Å². The molecule has 0 aromatic carbocycles. The van der Waals surface area contributed by atoms with Gasteiger partial charge in [0, 0.05) is 19.1 Å². The molecule has 0 amide bonds. The van der Waals surface area contributed by atoms with Gasteiger partial charge in [0.25, 0.3) is 0 Å². The van der Waals surface area contributed by atoms with E-state index >= 15 is 0 Å². The van der Waals surface area contributed by atoms with Gasteiger partial charge in [0.15, 0.2) is 5.11 Å². The summed E-state index contributed by atoms with van der Waals surface area (Å²) in [5.41, 5.74) is 6.44. The maximum Gasteiger partial charge on any atom is 0.171 e. The fourth-order valence-electron chi connectivity index (χ4n) is 1.35. The first kappa shape index (κ1) is 16.7. The monoisotopic (exact) mass is 295 g/mol. The second-order valence-corrected chi connectivity index (χ2v) is 6.24. The average Bonchev–Trinajstić information content (AvgIpc) is 2.36. The smallest absolute Gasteiger partial charge is 0.171 e. The van der Waals surface area contributed by atoms with E-state index in [4.69, 9.17) is 18.0 Å². The third-order valence-corrected chi connectivity index (χ3v) is 3.34. The van der Waals surface area contributed by atoms with Crippen LogP contribution in [0.4, 0.5) is 11.5 Å². The summed E-state index contributed by atoms with van der Waals surface area (Å²) < 4.78 is 0. The van der Waals surface area contributed by atoms with Gasteiger partial charge in [0.2, 0.25) is 0 Å². The largest absolute Gasteiger partial charge is 0.369 e. The zero-order valence-electron chi connectivity index (χ0n) is 12.7. The first-order valence-electron chi connectivity index (χ1n) is 6.80. The lowest BCUT2D eigenvalue weighted by molar-refractivity contribution is 0.317. The van der Waals surface area contributed by atoms with Crippen molar-refractivity contribution in [3.8, 4) is 0 Å². The van der Waals surface area contributed by atoms with Crippen LogP contribution in [0.25, 0.3) is 0 Å². The van der Waals surface area contributed by atoms with E-state index in [-0.39, 0.29) is 11.5 Å². The minimum atomic E-state index is 0.153. The zero-order valence-corrected chi connectivity index (χ0v) is 13.5. The van der Waals surface area contributed by atoms with Crippen LogP contribution in [0.15, 0.2) is 18.3 Å².